The number of aliphatic hydroxyl groups is 1. The molecule has 1 aliphatic rings. The standard InChI is InChI=1S/C17H24ClFN2O2/c1-11(2)21(9-12(3)22)16(23)20-10-17(6-7-17)14-5-4-13(19)8-15(14)18/h4-5,8,11-12,22H,6-7,9-10H2,1-3H3,(H,20,23). The van der Waals surface area contributed by atoms with Gasteiger partial charge in [0.15, 0.2) is 0 Å². The number of benzene rings is 1. The van der Waals surface area contributed by atoms with Crippen LogP contribution < -0.4 is 5.32 Å². The van der Waals surface area contributed by atoms with Crippen molar-refractivity contribution in [1.29, 1.82) is 0 Å². The van der Waals surface area contributed by atoms with E-state index in [1.165, 1.54) is 12.1 Å². The van der Waals surface area contributed by atoms with Crippen LogP contribution in [0.3, 0.4) is 0 Å². The zero-order valence-corrected chi connectivity index (χ0v) is 14.5. The molecule has 1 aromatic rings. The maximum atomic E-state index is 13.2. The summed E-state index contributed by atoms with van der Waals surface area (Å²) >= 11 is 6.16. The Balaban J connectivity index is 2.03. The number of carbonyl (C=O) groups is 1. The van der Waals surface area contributed by atoms with Gasteiger partial charge in [-0.25, -0.2) is 9.18 Å². The molecule has 1 saturated carbocycles. The summed E-state index contributed by atoms with van der Waals surface area (Å²) in [7, 11) is 0. The topological polar surface area (TPSA) is 52.6 Å². The van der Waals surface area contributed by atoms with Crippen molar-refractivity contribution >= 4 is 17.6 Å². The summed E-state index contributed by atoms with van der Waals surface area (Å²) in [5.41, 5.74) is 0.681. The van der Waals surface area contributed by atoms with Crippen LogP contribution in [0.15, 0.2) is 18.2 Å². The Morgan fingerprint density at radius 1 is 1.43 bits per heavy atom. The van der Waals surface area contributed by atoms with Gasteiger partial charge in [0, 0.05) is 29.6 Å². The average Bonchev–Trinajstić information content (AvgIpc) is 3.22. The molecule has 2 amide bonds. The normalized spacial score (nSPS) is 17.0. The minimum Gasteiger partial charge on any atom is -0.392 e. The number of nitrogens with zero attached hydrogens (tertiary/aromatic N) is 1. The van der Waals surface area contributed by atoms with Crippen molar-refractivity contribution in [3.63, 3.8) is 0 Å². The van der Waals surface area contributed by atoms with Crippen LogP contribution in [-0.2, 0) is 5.41 Å². The smallest absolute Gasteiger partial charge is 0.317 e. The van der Waals surface area contributed by atoms with Crippen molar-refractivity contribution in [2.75, 3.05) is 13.1 Å². The van der Waals surface area contributed by atoms with Gasteiger partial charge in [0.2, 0.25) is 0 Å². The van der Waals surface area contributed by atoms with Gasteiger partial charge in [-0.05, 0) is 51.3 Å². The Kier molecular flexibility index (Phi) is 5.53. The SMILES string of the molecule is CC(O)CN(C(=O)NCC1(c2ccc(F)cc2Cl)CC1)C(C)C. The first kappa shape index (κ1) is 18.0. The van der Waals surface area contributed by atoms with Crippen molar-refractivity contribution in [3.05, 3.63) is 34.6 Å². The second-order valence-electron chi connectivity index (χ2n) is 6.66. The van der Waals surface area contributed by atoms with E-state index in [0.29, 0.717) is 11.6 Å². The number of amides is 2. The van der Waals surface area contributed by atoms with Crippen molar-refractivity contribution in [2.45, 2.75) is 51.2 Å². The number of nitrogens with one attached hydrogen (secondary N) is 1. The lowest BCUT2D eigenvalue weighted by molar-refractivity contribution is 0.118. The summed E-state index contributed by atoms with van der Waals surface area (Å²) in [6.45, 7) is 6.22. The maximum Gasteiger partial charge on any atom is 0.317 e. The Morgan fingerprint density at radius 2 is 2.09 bits per heavy atom. The third kappa shape index (κ3) is 4.36. The molecule has 6 heteroatoms. The molecule has 1 atom stereocenters. The zero-order valence-electron chi connectivity index (χ0n) is 13.8. The lowest BCUT2D eigenvalue weighted by atomic mass is 9.96. The Bertz CT molecular complexity index is 574. The van der Waals surface area contributed by atoms with Crippen LogP contribution in [0, 0.1) is 5.82 Å². The first-order valence-electron chi connectivity index (χ1n) is 7.93. The van der Waals surface area contributed by atoms with Gasteiger partial charge in [-0.1, -0.05) is 17.7 Å². The molecule has 0 saturated heterocycles. The van der Waals surface area contributed by atoms with Crippen molar-refractivity contribution < 1.29 is 14.3 Å². The Morgan fingerprint density at radius 3 is 2.57 bits per heavy atom. The van der Waals surface area contributed by atoms with E-state index in [-0.39, 0.29) is 29.8 Å². The summed E-state index contributed by atoms with van der Waals surface area (Å²) in [5, 5.41) is 12.9. The minimum absolute atomic E-state index is 0.00541. The summed E-state index contributed by atoms with van der Waals surface area (Å²) < 4.78 is 13.2. The lowest BCUT2D eigenvalue weighted by Crippen LogP contribution is -2.48. The number of aliphatic hydroxyl groups excluding tert-OH is 1. The van der Waals surface area contributed by atoms with Crippen LogP contribution in [0.25, 0.3) is 0 Å². The number of carbonyl (C=O) groups excluding carboxylic acids is 1. The molecule has 0 bridgehead atoms. The minimum atomic E-state index is -0.579. The highest BCUT2D eigenvalue weighted by molar-refractivity contribution is 6.31. The summed E-state index contributed by atoms with van der Waals surface area (Å²) in [4.78, 5) is 14.0. The number of urea groups is 1. The van der Waals surface area contributed by atoms with Gasteiger partial charge in [-0.15, -0.1) is 0 Å². The van der Waals surface area contributed by atoms with E-state index in [1.807, 2.05) is 13.8 Å². The van der Waals surface area contributed by atoms with Crippen LogP contribution >= 0.6 is 11.6 Å². The van der Waals surface area contributed by atoms with Gasteiger partial charge in [-0.3, -0.25) is 0 Å². The molecule has 0 aliphatic heterocycles. The molecule has 2 rings (SSSR count). The second-order valence-corrected chi connectivity index (χ2v) is 7.07. The number of hydrogen-bond donors (Lipinski definition) is 2. The third-order valence-electron chi connectivity index (χ3n) is 4.28. The van der Waals surface area contributed by atoms with Crippen LogP contribution in [0.4, 0.5) is 9.18 Å². The molecule has 4 nitrogen and oxygen atoms in total. The first-order valence-corrected chi connectivity index (χ1v) is 8.31. The van der Waals surface area contributed by atoms with Crippen LogP contribution in [0.2, 0.25) is 5.02 Å². The molecule has 0 heterocycles. The van der Waals surface area contributed by atoms with Crippen LogP contribution in [0.1, 0.15) is 39.2 Å². The molecule has 128 valence electrons. The van der Waals surface area contributed by atoms with E-state index in [2.05, 4.69) is 5.32 Å². The van der Waals surface area contributed by atoms with E-state index >= 15 is 0 Å². The summed E-state index contributed by atoms with van der Waals surface area (Å²) in [6, 6.07) is 4.20. The zero-order chi connectivity index (χ0) is 17.2. The maximum absolute atomic E-state index is 13.2. The second kappa shape index (κ2) is 7.05. The number of rotatable bonds is 6. The molecule has 1 aliphatic carbocycles. The first-order chi connectivity index (χ1) is 10.7. The van der Waals surface area contributed by atoms with Gasteiger partial charge in [0.05, 0.1) is 6.10 Å². The van der Waals surface area contributed by atoms with E-state index in [0.717, 1.165) is 18.4 Å². The number of halogens is 2. The average molecular weight is 343 g/mol. The molecule has 1 fully saturated rings. The van der Waals surface area contributed by atoms with Crippen molar-refractivity contribution in [2.24, 2.45) is 0 Å². The highest BCUT2D eigenvalue weighted by Crippen LogP contribution is 2.50. The molecule has 0 spiro atoms. The fraction of sp³-hybridized carbons (Fsp3) is 0.588. The molecule has 0 radical (unpaired) electrons. The largest absolute Gasteiger partial charge is 0.392 e. The Hall–Kier alpha value is -1.33. The molecule has 23 heavy (non-hydrogen) atoms. The quantitative estimate of drug-likeness (QED) is 0.833. The number of hydrogen-bond acceptors (Lipinski definition) is 2. The Labute approximate surface area is 141 Å². The van der Waals surface area contributed by atoms with Gasteiger partial charge < -0.3 is 15.3 Å². The highest BCUT2D eigenvalue weighted by Gasteiger charge is 2.46. The van der Waals surface area contributed by atoms with Crippen LogP contribution in [-0.4, -0.2) is 41.3 Å². The summed E-state index contributed by atoms with van der Waals surface area (Å²) in [5.74, 6) is -0.360. The van der Waals surface area contributed by atoms with Gasteiger partial charge in [0.25, 0.3) is 0 Å². The van der Waals surface area contributed by atoms with E-state index < -0.39 is 6.10 Å². The van der Waals surface area contributed by atoms with E-state index in [4.69, 9.17) is 11.6 Å². The lowest BCUT2D eigenvalue weighted by Gasteiger charge is -2.29. The molecule has 1 aromatic carbocycles. The van der Waals surface area contributed by atoms with Gasteiger partial charge >= 0.3 is 6.03 Å². The van der Waals surface area contributed by atoms with Crippen LogP contribution in [0.5, 0.6) is 0 Å². The predicted octanol–water partition coefficient (Wildman–Crippen LogP) is 3.31. The molecule has 2 N–H and O–H groups in total. The summed E-state index contributed by atoms with van der Waals surface area (Å²) in [6.07, 6.45) is 1.25. The van der Waals surface area contributed by atoms with Gasteiger partial charge in [-0.2, -0.15) is 0 Å². The fourth-order valence-corrected chi connectivity index (χ4v) is 3.14. The monoisotopic (exact) mass is 342 g/mol. The molecular weight excluding hydrogens is 319 g/mol. The molecule has 0 aromatic heterocycles. The fourth-order valence-electron chi connectivity index (χ4n) is 2.77. The predicted molar refractivity (Wildman–Crippen MR) is 89.2 cm³/mol. The third-order valence-corrected chi connectivity index (χ3v) is 4.59. The highest BCUT2D eigenvalue weighted by atomic mass is 35.5. The van der Waals surface area contributed by atoms with Gasteiger partial charge in [0.1, 0.15) is 5.82 Å². The molecule has 1 unspecified atom stereocenters. The van der Waals surface area contributed by atoms with E-state index in [1.54, 1.807) is 17.9 Å². The molecular formula is C17H24ClFN2O2. The van der Waals surface area contributed by atoms with Crippen molar-refractivity contribution in [1.82, 2.24) is 10.2 Å². The van der Waals surface area contributed by atoms with Crippen molar-refractivity contribution in [3.8, 4) is 0 Å². The van der Waals surface area contributed by atoms with E-state index in [9.17, 15) is 14.3 Å².